The molecular formula is C10H12N2O2. The lowest BCUT2D eigenvalue weighted by molar-refractivity contribution is -0.126. The van der Waals surface area contributed by atoms with E-state index in [0.29, 0.717) is 12.1 Å². The highest BCUT2D eigenvalue weighted by molar-refractivity contribution is 5.81. The number of likely N-dealkylation sites (tertiary alicyclic amines) is 1. The summed E-state index contributed by atoms with van der Waals surface area (Å²) in [5.74, 6) is -0.0536. The summed E-state index contributed by atoms with van der Waals surface area (Å²) in [5.41, 5.74) is 1.56. The molecular weight excluding hydrogens is 180 g/mol. The van der Waals surface area contributed by atoms with E-state index in [2.05, 4.69) is 6.07 Å². The van der Waals surface area contributed by atoms with Crippen molar-refractivity contribution in [3.05, 3.63) is 11.3 Å². The van der Waals surface area contributed by atoms with Crippen LogP contribution in [0.1, 0.15) is 25.7 Å². The Morgan fingerprint density at radius 2 is 2.29 bits per heavy atom. The molecule has 0 radical (unpaired) electrons. The fraction of sp³-hybridized carbons (Fsp3) is 0.600. The number of carbonyl (C=O) groups is 1. The van der Waals surface area contributed by atoms with E-state index in [4.69, 9.17) is 5.26 Å². The second kappa shape index (κ2) is 3.43. The number of allylic oxidation sites excluding steroid dienone is 2. The molecule has 1 N–H and O–H groups in total. The molecule has 1 fully saturated rings. The van der Waals surface area contributed by atoms with Gasteiger partial charge in [-0.2, -0.15) is 5.26 Å². The summed E-state index contributed by atoms with van der Waals surface area (Å²) in [6.07, 6.45) is 2.14. The SMILES string of the molecule is N#CC1=C(N2CC(O)CC2=O)CCC1. The van der Waals surface area contributed by atoms with Gasteiger partial charge in [0.2, 0.25) is 5.91 Å². The Bertz CT molecular complexity index is 341. The molecule has 0 bridgehead atoms. The summed E-state index contributed by atoms with van der Waals surface area (Å²) in [4.78, 5) is 13.0. The second-order valence-electron chi connectivity index (χ2n) is 3.75. The molecule has 1 heterocycles. The number of nitriles is 1. The predicted molar refractivity (Wildman–Crippen MR) is 48.8 cm³/mol. The van der Waals surface area contributed by atoms with Gasteiger partial charge in [0.15, 0.2) is 0 Å². The number of amides is 1. The van der Waals surface area contributed by atoms with Crippen LogP contribution in [0.15, 0.2) is 11.3 Å². The Hall–Kier alpha value is -1.34. The normalized spacial score (nSPS) is 27.3. The summed E-state index contributed by atoms with van der Waals surface area (Å²) < 4.78 is 0. The molecule has 1 atom stereocenters. The fourth-order valence-electron chi connectivity index (χ4n) is 2.10. The minimum atomic E-state index is -0.560. The Morgan fingerprint density at radius 3 is 2.86 bits per heavy atom. The van der Waals surface area contributed by atoms with E-state index in [1.807, 2.05) is 0 Å². The van der Waals surface area contributed by atoms with Crippen molar-refractivity contribution in [2.24, 2.45) is 0 Å². The van der Waals surface area contributed by atoms with Gasteiger partial charge in [0, 0.05) is 11.3 Å². The smallest absolute Gasteiger partial charge is 0.229 e. The third-order valence-corrected chi connectivity index (χ3v) is 2.75. The lowest BCUT2D eigenvalue weighted by Gasteiger charge is -2.17. The van der Waals surface area contributed by atoms with E-state index in [-0.39, 0.29) is 12.3 Å². The van der Waals surface area contributed by atoms with Crippen molar-refractivity contribution in [1.82, 2.24) is 4.90 Å². The van der Waals surface area contributed by atoms with Gasteiger partial charge in [-0.15, -0.1) is 0 Å². The van der Waals surface area contributed by atoms with E-state index in [0.717, 1.165) is 25.0 Å². The molecule has 2 aliphatic rings. The molecule has 4 heteroatoms. The average Bonchev–Trinajstić information content (AvgIpc) is 2.71. The largest absolute Gasteiger partial charge is 0.391 e. The first-order valence-electron chi connectivity index (χ1n) is 4.83. The molecule has 1 saturated heterocycles. The summed E-state index contributed by atoms with van der Waals surface area (Å²) in [5, 5.41) is 18.2. The molecule has 74 valence electrons. The molecule has 0 aromatic carbocycles. The van der Waals surface area contributed by atoms with Crippen molar-refractivity contribution in [1.29, 1.82) is 5.26 Å². The number of carbonyl (C=O) groups excluding carboxylic acids is 1. The second-order valence-corrected chi connectivity index (χ2v) is 3.75. The molecule has 0 aromatic rings. The topological polar surface area (TPSA) is 64.3 Å². The first-order chi connectivity index (χ1) is 6.72. The summed E-state index contributed by atoms with van der Waals surface area (Å²) >= 11 is 0. The number of aliphatic hydroxyl groups is 1. The minimum absolute atomic E-state index is 0.0536. The monoisotopic (exact) mass is 192 g/mol. The standard InChI is InChI=1S/C10H12N2O2/c11-5-7-2-1-3-9(7)12-6-8(13)4-10(12)14/h8,13H,1-4,6H2. The number of hydrogen-bond donors (Lipinski definition) is 1. The van der Waals surface area contributed by atoms with Gasteiger partial charge in [0.05, 0.1) is 25.1 Å². The number of rotatable bonds is 1. The zero-order chi connectivity index (χ0) is 10.1. The van der Waals surface area contributed by atoms with Crippen LogP contribution in [0.5, 0.6) is 0 Å². The number of β-amino-alcohol motifs (C(OH)–C–C–N with tert-alkyl or cyclic N) is 1. The molecule has 4 nitrogen and oxygen atoms in total. The van der Waals surface area contributed by atoms with Crippen LogP contribution < -0.4 is 0 Å². The van der Waals surface area contributed by atoms with Crippen LogP contribution in [0.25, 0.3) is 0 Å². The van der Waals surface area contributed by atoms with Gasteiger partial charge in [-0.05, 0) is 19.3 Å². The highest BCUT2D eigenvalue weighted by Gasteiger charge is 2.33. The van der Waals surface area contributed by atoms with Crippen molar-refractivity contribution in [3.8, 4) is 6.07 Å². The number of nitrogens with zero attached hydrogens (tertiary/aromatic N) is 2. The number of aliphatic hydroxyl groups excluding tert-OH is 1. The van der Waals surface area contributed by atoms with Crippen molar-refractivity contribution in [2.75, 3.05) is 6.54 Å². The fourth-order valence-corrected chi connectivity index (χ4v) is 2.10. The summed E-state index contributed by atoms with van der Waals surface area (Å²) in [6, 6.07) is 2.13. The van der Waals surface area contributed by atoms with E-state index in [1.54, 1.807) is 4.90 Å². The van der Waals surface area contributed by atoms with Gasteiger partial charge < -0.3 is 10.0 Å². The van der Waals surface area contributed by atoms with Crippen molar-refractivity contribution in [2.45, 2.75) is 31.8 Å². The van der Waals surface area contributed by atoms with Crippen LogP contribution in [0, 0.1) is 11.3 Å². The average molecular weight is 192 g/mol. The lowest BCUT2D eigenvalue weighted by Crippen LogP contribution is -2.25. The zero-order valence-corrected chi connectivity index (χ0v) is 7.86. The van der Waals surface area contributed by atoms with Crippen LogP contribution in [-0.4, -0.2) is 28.6 Å². The number of hydrogen-bond acceptors (Lipinski definition) is 3. The van der Waals surface area contributed by atoms with E-state index >= 15 is 0 Å². The van der Waals surface area contributed by atoms with Crippen LogP contribution in [0.4, 0.5) is 0 Å². The molecule has 1 unspecified atom stereocenters. The van der Waals surface area contributed by atoms with E-state index in [9.17, 15) is 9.90 Å². The summed E-state index contributed by atoms with van der Waals surface area (Å²) in [6.45, 7) is 0.360. The highest BCUT2D eigenvalue weighted by Crippen LogP contribution is 2.31. The van der Waals surface area contributed by atoms with Gasteiger partial charge in [-0.25, -0.2) is 0 Å². The van der Waals surface area contributed by atoms with E-state index in [1.165, 1.54) is 0 Å². The maximum absolute atomic E-state index is 11.5. The third-order valence-electron chi connectivity index (χ3n) is 2.75. The highest BCUT2D eigenvalue weighted by atomic mass is 16.3. The lowest BCUT2D eigenvalue weighted by atomic mass is 10.2. The summed E-state index contributed by atoms with van der Waals surface area (Å²) in [7, 11) is 0. The zero-order valence-electron chi connectivity index (χ0n) is 7.86. The molecule has 1 aliphatic heterocycles. The predicted octanol–water partition coefficient (Wildman–Crippen LogP) is 0.541. The quantitative estimate of drug-likeness (QED) is 0.659. The van der Waals surface area contributed by atoms with Gasteiger partial charge in [-0.3, -0.25) is 4.79 Å². The maximum atomic E-state index is 11.5. The Kier molecular flexibility index (Phi) is 2.26. The van der Waals surface area contributed by atoms with Crippen LogP contribution in [-0.2, 0) is 4.79 Å². The van der Waals surface area contributed by atoms with Crippen molar-refractivity contribution in [3.63, 3.8) is 0 Å². The molecule has 1 aliphatic carbocycles. The molecule has 2 rings (SSSR count). The van der Waals surface area contributed by atoms with Gasteiger partial charge in [-0.1, -0.05) is 0 Å². The third kappa shape index (κ3) is 1.40. The van der Waals surface area contributed by atoms with Crippen LogP contribution in [0.2, 0.25) is 0 Å². The molecule has 1 amide bonds. The van der Waals surface area contributed by atoms with Crippen molar-refractivity contribution >= 4 is 5.91 Å². The van der Waals surface area contributed by atoms with Gasteiger partial charge in [0.25, 0.3) is 0 Å². The van der Waals surface area contributed by atoms with Crippen LogP contribution >= 0.6 is 0 Å². The van der Waals surface area contributed by atoms with Gasteiger partial charge >= 0.3 is 0 Å². The Morgan fingerprint density at radius 1 is 1.50 bits per heavy atom. The maximum Gasteiger partial charge on any atom is 0.229 e. The Balaban J connectivity index is 2.24. The van der Waals surface area contributed by atoms with Gasteiger partial charge in [0.1, 0.15) is 0 Å². The van der Waals surface area contributed by atoms with Crippen molar-refractivity contribution < 1.29 is 9.90 Å². The first-order valence-corrected chi connectivity index (χ1v) is 4.83. The molecule has 0 aromatic heterocycles. The first kappa shape index (κ1) is 9.22. The molecule has 0 spiro atoms. The Labute approximate surface area is 82.4 Å². The minimum Gasteiger partial charge on any atom is -0.391 e. The van der Waals surface area contributed by atoms with Crippen LogP contribution in [0.3, 0.4) is 0 Å². The molecule has 0 saturated carbocycles. The molecule has 14 heavy (non-hydrogen) atoms. The van der Waals surface area contributed by atoms with E-state index < -0.39 is 6.10 Å².